The second-order valence-corrected chi connectivity index (χ2v) is 7.85. The Bertz CT molecular complexity index is 835. The Hall–Kier alpha value is -1.61. The van der Waals surface area contributed by atoms with Crippen molar-refractivity contribution >= 4 is 29.9 Å². The summed E-state index contributed by atoms with van der Waals surface area (Å²) in [6.07, 6.45) is 4.22. The van der Waals surface area contributed by atoms with Crippen molar-refractivity contribution in [3.8, 4) is 0 Å². The second kappa shape index (κ2) is 9.93. The predicted molar refractivity (Wildman–Crippen MR) is 127 cm³/mol. The summed E-state index contributed by atoms with van der Waals surface area (Å²) in [5.74, 6) is 0.873. The summed E-state index contributed by atoms with van der Waals surface area (Å²) >= 11 is 0. The Kier molecular flexibility index (Phi) is 7.56. The summed E-state index contributed by atoms with van der Waals surface area (Å²) < 4.78 is 8.05. The molecule has 2 aliphatic heterocycles. The number of guanidine groups is 1. The average Bonchev–Trinajstić information content (AvgIpc) is 3.37. The summed E-state index contributed by atoms with van der Waals surface area (Å²) in [7, 11) is 0. The van der Waals surface area contributed by atoms with E-state index in [4.69, 9.17) is 14.8 Å². The standard InChI is InChI=1S/C22H31N5O.HI/c1-4-23-22(25-20-12-18-10-11-21(20)28-18)24-13-19-15(2)26-27(16(19)3)14-17-8-6-5-7-9-17;/h5-9,18,20-21H,4,10-14H2,1-3H3,(H2,23,24,25);1H. The third-order valence-corrected chi connectivity index (χ3v) is 5.87. The predicted octanol–water partition coefficient (Wildman–Crippen LogP) is 3.54. The molecule has 6 nitrogen and oxygen atoms in total. The topological polar surface area (TPSA) is 63.5 Å². The molecule has 3 unspecified atom stereocenters. The molecule has 7 heteroatoms. The number of nitrogens with one attached hydrogen (secondary N) is 2. The highest BCUT2D eigenvalue weighted by Gasteiger charge is 2.41. The second-order valence-electron chi connectivity index (χ2n) is 7.85. The maximum Gasteiger partial charge on any atom is 0.191 e. The highest BCUT2D eigenvalue weighted by molar-refractivity contribution is 14.0. The van der Waals surface area contributed by atoms with E-state index in [1.807, 2.05) is 6.07 Å². The molecule has 158 valence electrons. The molecule has 2 aliphatic rings. The first-order chi connectivity index (χ1) is 13.6. The molecule has 3 heterocycles. The zero-order valence-corrected chi connectivity index (χ0v) is 19.8. The lowest BCUT2D eigenvalue weighted by Gasteiger charge is -2.22. The number of aromatic nitrogens is 2. The van der Waals surface area contributed by atoms with Crippen LogP contribution in [0, 0.1) is 13.8 Å². The minimum Gasteiger partial charge on any atom is -0.373 e. The van der Waals surface area contributed by atoms with Crippen LogP contribution in [0.1, 0.15) is 48.7 Å². The Balaban J connectivity index is 0.00000240. The van der Waals surface area contributed by atoms with Gasteiger partial charge in [0.2, 0.25) is 0 Å². The Morgan fingerprint density at radius 1 is 1.24 bits per heavy atom. The molecule has 2 fully saturated rings. The van der Waals surface area contributed by atoms with E-state index < -0.39 is 0 Å². The van der Waals surface area contributed by atoms with Crippen LogP contribution in [0.25, 0.3) is 0 Å². The number of ether oxygens (including phenoxy) is 1. The lowest BCUT2D eigenvalue weighted by Crippen LogP contribution is -2.47. The molecule has 1 aromatic heterocycles. The van der Waals surface area contributed by atoms with E-state index in [0.29, 0.717) is 24.8 Å². The molecule has 0 amide bonds. The van der Waals surface area contributed by atoms with Crippen molar-refractivity contribution in [1.29, 1.82) is 0 Å². The van der Waals surface area contributed by atoms with Crippen LogP contribution < -0.4 is 10.6 Å². The molecule has 4 rings (SSSR count). The Morgan fingerprint density at radius 2 is 2.03 bits per heavy atom. The van der Waals surface area contributed by atoms with E-state index in [0.717, 1.165) is 37.6 Å². The van der Waals surface area contributed by atoms with Gasteiger partial charge in [0.25, 0.3) is 0 Å². The zero-order chi connectivity index (χ0) is 19.5. The van der Waals surface area contributed by atoms with Crippen LogP contribution in [0.5, 0.6) is 0 Å². The molecule has 2 bridgehead atoms. The fraction of sp³-hybridized carbons (Fsp3) is 0.545. The number of hydrogen-bond donors (Lipinski definition) is 2. The van der Waals surface area contributed by atoms with Crippen LogP contribution >= 0.6 is 24.0 Å². The van der Waals surface area contributed by atoms with Gasteiger partial charge in [0.05, 0.1) is 37.0 Å². The minimum absolute atomic E-state index is 0. The summed E-state index contributed by atoms with van der Waals surface area (Å²) in [5, 5.41) is 11.7. The number of benzene rings is 1. The van der Waals surface area contributed by atoms with E-state index in [1.54, 1.807) is 0 Å². The molecule has 3 atom stereocenters. The smallest absolute Gasteiger partial charge is 0.191 e. The SMILES string of the molecule is CCNC(=NCc1c(C)nn(Cc2ccccc2)c1C)NC1CC2CCC1O2.I. The van der Waals surface area contributed by atoms with Crippen LogP contribution in [-0.2, 0) is 17.8 Å². The van der Waals surface area contributed by atoms with Crippen LogP contribution in [0.3, 0.4) is 0 Å². The van der Waals surface area contributed by atoms with Crippen molar-refractivity contribution < 1.29 is 4.74 Å². The van der Waals surface area contributed by atoms with E-state index in [-0.39, 0.29) is 24.0 Å². The number of fused-ring (bicyclic) bond motifs is 2. The summed E-state index contributed by atoms with van der Waals surface area (Å²) in [4.78, 5) is 4.86. The molecule has 0 spiro atoms. The Morgan fingerprint density at radius 3 is 2.69 bits per heavy atom. The van der Waals surface area contributed by atoms with Gasteiger partial charge in [-0.05, 0) is 45.6 Å². The van der Waals surface area contributed by atoms with E-state index >= 15 is 0 Å². The van der Waals surface area contributed by atoms with Crippen LogP contribution in [0.2, 0.25) is 0 Å². The fourth-order valence-corrected chi connectivity index (χ4v) is 4.32. The molecule has 0 aliphatic carbocycles. The van der Waals surface area contributed by atoms with Crippen molar-refractivity contribution in [1.82, 2.24) is 20.4 Å². The number of aryl methyl sites for hydroxylation is 1. The molecule has 2 N–H and O–H groups in total. The van der Waals surface area contributed by atoms with Crippen molar-refractivity contribution in [3.05, 3.63) is 52.8 Å². The monoisotopic (exact) mass is 509 g/mol. The molecule has 1 aromatic carbocycles. The lowest BCUT2D eigenvalue weighted by atomic mass is 9.96. The molecule has 0 saturated carbocycles. The van der Waals surface area contributed by atoms with Gasteiger partial charge in [0.1, 0.15) is 0 Å². The van der Waals surface area contributed by atoms with Crippen LogP contribution in [0.4, 0.5) is 0 Å². The van der Waals surface area contributed by atoms with Gasteiger partial charge < -0.3 is 15.4 Å². The minimum atomic E-state index is 0. The highest BCUT2D eigenvalue weighted by atomic mass is 127. The van der Waals surface area contributed by atoms with Gasteiger partial charge in [-0.25, -0.2) is 4.99 Å². The molecule has 2 saturated heterocycles. The van der Waals surface area contributed by atoms with Crippen LogP contribution in [0.15, 0.2) is 35.3 Å². The molecule has 0 radical (unpaired) electrons. The number of hydrogen-bond acceptors (Lipinski definition) is 3. The molecular weight excluding hydrogens is 477 g/mol. The number of nitrogens with zero attached hydrogens (tertiary/aromatic N) is 3. The van der Waals surface area contributed by atoms with Gasteiger partial charge >= 0.3 is 0 Å². The third kappa shape index (κ3) is 5.12. The summed E-state index contributed by atoms with van der Waals surface area (Å²) in [6, 6.07) is 10.8. The van der Waals surface area contributed by atoms with Gasteiger partial charge in [0, 0.05) is 17.8 Å². The number of rotatable bonds is 6. The lowest BCUT2D eigenvalue weighted by molar-refractivity contribution is 0.0992. The maximum atomic E-state index is 5.97. The van der Waals surface area contributed by atoms with Gasteiger partial charge in [-0.1, -0.05) is 30.3 Å². The van der Waals surface area contributed by atoms with Gasteiger partial charge in [0.15, 0.2) is 5.96 Å². The number of aliphatic imine (C=N–C) groups is 1. The summed E-state index contributed by atoms with van der Waals surface area (Å²) in [6.45, 7) is 8.57. The highest BCUT2D eigenvalue weighted by Crippen LogP contribution is 2.34. The largest absolute Gasteiger partial charge is 0.373 e. The first kappa shape index (κ1) is 22.1. The van der Waals surface area contributed by atoms with Crippen LogP contribution in [-0.4, -0.2) is 40.5 Å². The van der Waals surface area contributed by atoms with Gasteiger partial charge in [-0.3, -0.25) is 4.68 Å². The fourth-order valence-electron chi connectivity index (χ4n) is 4.32. The zero-order valence-electron chi connectivity index (χ0n) is 17.5. The maximum absolute atomic E-state index is 5.97. The van der Waals surface area contributed by atoms with E-state index in [1.165, 1.54) is 23.2 Å². The van der Waals surface area contributed by atoms with Crippen molar-refractivity contribution in [2.45, 2.75) is 71.4 Å². The van der Waals surface area contributed by atoms with E-state index in [9.17, 15) is 0 Å². The first-order valence-corrected chi connectivity index (χ1v) is 10.4. The van der Waals surface area contributed by atoms with Gasteiger partial charge in [-0.2, -0.15) is 5.10 Å². The number of halogens is 1. The van der Waals surface area contributed by atoms with Crippen molar-refractivity contribution in [3.63, 3.8) is 0 Å². The normalized spacial score (nSPS) is 23.1. The molecule has 2 aromatic rings. The van der Waals surface area contributed by atoms with Crippen molar-refractivity contribution in [2.24, 2.45) is 4.99 Å². The molecular formula is C22H32IN5O. The van der Waals surface area contributed by atoms with E-state index in [2.05, 4.69) is 60.4 Å². The first-order valence-electron chi connectivity index (χ1n) is 10.4. The quantitative estimate of drug-likeness (QED) is 0.356. The van der Waals surface area contributed by atoms with Gasteiger partial charge in [-0.15, -0.1) is 24.0 Å². The Labute approximate surface area is 190 Å². The molecule has 29 heavy (non-hydrogen) atoms. The third-order valence-electron chi connectivity index (χ3n) is 5.87. The summed E-state index contributed by atoms with van der Waals surface area (Å²) in [5.41, 5.74) is 4.70. The average molecular weight is 509 g/mol. The van der Waals surface area contributed by atoms with Crippen molar-refractivity contribution in [2.75, 3.05) is 6.54 Å².